The van der Waals surface area contributed by atoms with Crippen LogP contribution in [0, 0.1) is 0 Å². The molecule has 226 valence electrons. The van der Waals surface area contributed by atoms with E-state index in [9.17, 15) is 0 Å². The highest BCUT2D eigenvalue weighted by Crippen LogP contribution is 2.44. The molecule has 4 aromatic carbocycles. The quantitative estimate of drug-likeness (QED) is 0.185. The van der Waals surface area contributed by atoms with Gasteiger partial charge in [-0.25, -0.2) is 0 Å². The average molecular weight is 617 g/mol. The lowest BCUT2D eigenvalue weighted by atomic mass is 9.76. The van der Waals surface area contributed by atoms with Crippen LogP contribution in [0.2, 0.25) is 0 Å². The number of fused-ring (bicyclic) bond motifs is 10. The molecule has 1 unspecified atom stereocenters. The van der Waals surface area contributed by atoms with Crippen molar-refractivity contribution in [1.29, 1.82) is 0 Å². The molecule has 0 amide bonds. The van der Waals surface area contributed by atoms with Crippen LogP contribution in [0.15, 0.2) is 144 Å². The topological polar surface area (TPSA) is 64.7 Å². The van der Waals surface area contributed by atoms with E-state index in [0.717, 1.165) is 99.9 Å². The zero-order valence-electron chi connectivity index (χ0n) is 26.2. The summed E-state index contributed by atoms with van der Waals surface area (Å²) in [5, 5.41) is 7.76. The van der Waals surface area contributed by atoms with Gasteiger partial charge in [-0.15, -0.1) is 0 Å². The first-order chi connectivity index (χ1) is 23.6. The van der Waals surface area contributed by atoms with E-state index in [1.165, 1.54) is 0 Å². The van der Waals surface area contributed by atoms with E-state index in [0.29, 0.717) is 0 Å². The van der Waals surface area contributed by atoms with Crippen molar-refractivity contribution in [3.05, 3.63) is 151 Å². The summed E-state index contributed by atoms with van der Waals surface area (Å²) in [7, 11) is 0. The second-order valence-corrected chi connectivity index (χ2v) is 12.9. The predicted octanol–water partition coefficient (Wildman–Crippen LogP) is 10.7. The highest BCUT2D eigenvalue weighted by Gasteiger charge is 2.30. The summed E-state index contributed by atoms with van der Waals surface area (Å²) in [5.74, 6) is 0. The molecule has 0 bridgehead atoms. The molecule has 0 saturated heterocycles. The minimum absolute atomic E-state index is 0.300. The molecule has 5 aromatic heterocycles. The molecule has 0 fully saturated rings. The van der Waals surface area contributed by atoms with Crippen LogP contribution in [-0.2, 0) is 5.41 Å². The highest BCUT2D eigenvalue weighted by atomic mass is 16.3. The van der Waals surface area contributed by atoms with E-state index in [4.69, 9.17) is 14.4 Å². The van der Waals surface area contributed by atoms with Crippen LogP contribution in [0.1, 0.15) is 24.6 Å². The van der Waals surface area contributed by atoms with Crippen molar-refractivity contribution in [1.82, 2.24) is 19.9 Å². The van der Waals surface area contributed by atoms with E-state index in [1.54, 1.807) is 0 Å². The molecular weight excluding hydrogens is 589 g/mol. The van der Waals surface area contributed by atoms with E-state index in [1.807, 2.05) is 42.9 Å². The molecule has 10 rings (SSSR count). The smallest absolute Gasteiger partial charge is 0.143 e. The Kier molecular flexibility index (Phi) is 5.70. The van der Waals surface area contributed by atoms with Crippen LogP contribution in [0.25, 0.3) is 82.3 Å². The number of nitrogens with zero attached hydrogens (tertiary/aromatic N) is 4. The Morgan fingerprint density at radius 2 is 1.50 bits per heavy atom. The third-order valence-corrected chi connectivity index (χ3v) is 9.98. The van der Waals surface area contributed by atoms with Crippen molar-refractivity contribution in [2.24, 2.45) is 0 Å². The van der Waals surface area contributed by atoms with Crippen molar-refractivity contribution < 1.29 is 4.42 Å². The number of furan rings is 1. The van der Waals surface area contributed by atoms with E-state index in [-0.39, 0.29) is 5.41 Å². The normalized spacial score (nSPS) is 16.5. The third kappa shape index (κ3) is 3.97. The van der Waals surface area contributed by atoms with Gasteiger partial charge in [-0.2, -0.15) is 0 Å². The lowest BCUT2D eigenvalue weighted by Crippen LogP contribution is -2.22. The van der Waals surface area contributed by atoms with Crippen molar-refractivity contribution in [3.8, 4) is 11.3 Å². The Bertz CT molecular complexity index is 2830. The molecular formula is C43H28N4O. The summed E-state index contributed by atoms with van der Waals surface area (Å²) in [4.78, 5) is 19.5. The molecule has 0 aliphatic heterocycles. The third-order valence-electron chi connectivity index (χ3n) is 9.98. The van der Waals surface area contributed by atoms with Crippen LogP contribution in [0.3, 0.4) is 0 Å². The number of allylic oxidation sites excluding steroid dienone is 4. The zero-order valence-corrected chi connectivity index (χ0v) is 26.2. The molecule has 1 aliphatic carbocycles. The standard InChI is InChI=1S/C43H28N4O/c1-43(42-34-16-15-32-30-8-3-5-11-37(30)48-41(32)38(34)33-9-2-4-10-36(33)47-42)21-18-26(19-22-43)28-13-17-35(46-25-28)29-20-24-45-40-31(29)14-12-27-7-6-23-44-39(27)40/h2-21,23-25H,22H2,1H3. The largest absolute Gasteiger partial charge is 0.455 e. The van der Waals surface area contributed by atoms with Crippen molar-refractivity contribution in [2.75, 3.05) is 0 Å². The molecule has 0 N–H and O–H groups in total. The zero-order chi connectivity index (χ0) is 31.8. The maximum Gasteiger partial charge on any atom is 0.143 e. The SMILES string of the molecule is CC1(c2nc3ccccc3c3c2ccc2c4ccccc4oc23)C=CC(c2ccc(-c3ccnc4c3ccc3cccnc34)nc2)=CC1. The molecule has 5 heterocycles. The first-order valence-electron chi connectivity index (χ1n) is 16.3. The molecule has 48 heavy (non-hydrogen) atoms. The maximum absolute atomic E-state index is 6.54. The van der Waals surface area contributed by atoms with Gasteiger partial charge in [0.15, 0.2) is 0 Å². The fourth-order valence-corrected chi connectivity index (χ4v) is 7.47. The number of pyridine rings is 4. The molecule has 1 aliphatic rings. The average Bonchev–Trinajstić information content (AvgIpc) is 3.53. The van der Waals surface area contributed by atoms with Gasteiger partial charge in [0.25, 0.3) is 0 Å². The van der Waals surface area contributed by atoms with E-state index < -0.39 is 0 Å². The minimum atomic E-state index is -0.300. The number of aromatic nitrogens is 4. The summed E-state index contributed by atoms with van der Waals surface area (Å²) in [6, 6.07) is 35.6. The number of para-hydroxylation sites is 2. The second-order valence-electron chi connectivity index (χ2n) is 12.9. The lowest BCUT2D eigenvalue weighted by Gasteiger charge is -2.29. The van der Waals surface area contributed by atoms with Crippen LogP contribution < -0.4 is 0 Å². The Labute approximate surface area is 275 Å². The van der Waals surface area contributed by atoms with Gasteiger partial charge < -0.3 is 4.42 Å². The Balaban J connectivity index is 1.03. The van der Waals surface area contributed by atoms with Crippen molar-refractivity contribution in [3.63, 3.8) is 0 Å². The number of hydrogen-bond acceptors (Lipinski definition) is 5. The van der Waals surface area contributed by atoms with Gasteiger partial charge in [0.05, 0.1) is 27.9 Å². The van der Waals surface area contributed by atoms with E-state index in [2.05, 4.69) is 114 Å². The molecule has 9 aromatic rings. The summed E-state index contributed by atoms with van der Waals surface area (Å²) in [6.45, 7) is 2.28. The Morgan fingerprint density at radius 3 is 2.38 bits per heavy atom. The Morgan fingerprint density at radius 1 is 0.667 bits per heavy atom. The molecule has 0 radical (unpaired) electrons. The maximum atomic E-state index is 6.54. The van der Waals surface area contributed by atoms with Crippen LogP contribution in [-0.4, -0.2) is 19.9 Å². The van der Waals surface area contributed by atoms with Crippen molar-refractivity contribution >= 4 is 71.0 Å². The summed E-state index contributed by atoms with van der Waals surface area (Å²) in [6.07, 6.45) is 13.3. The number of benzene rings is 4. The first-order valence-corrected chi connectivity index (χ1v) is 16.3. The van der Waals surface area contributed by atoms with Crippen LogP contribution in [0.4, 0.5) is 0 Å². The minimum Gasteiger partial charge on any atom is -0.455 e. The van der Waals surface area contributed by atoms with Crippen molar-refractivity contribution in [2.45, 2.75) is 18.8 Å². The highest BCUT2D eigenvalue weighted by molar-refractivity contribution is 6.23. The van der Waals surface area contributed by atoms with Gasteiger partial charge in [-0.1, -0.05) is 91.9 Å². The lowest BCUT2D eigenvalue weighted by molar-refractivity contribution is 0.589. The molecule has 0 saturated carbocycles. The molecule has 1 atom stereocenters. The monoisotopic (exact) mass is 616 g/mol. The van der Waals surface area contributed by atoms with Gasteiger partial charge in [-0.05, 0) is 54.0 Å². The van der Waals surface area contributed by atoms with Crippen LogP contribution >= 0.6 is 0 Å². The number of rotatable bonds is 3. The molecule has 0 spiro atoms. The Hall–Kier alpha value is -6.20. The van der Waals surface area contributed by atoms with Gasteiger partial charge in [0.1, 0.15) is 11.2 Å². The first kappa shape index (κ1) is 27.0. The molecule has 5 heteroatoms. The summed E-state index contributed by atoms with van der Waals surface area (Å²) in [5.41, 5.74) is 9.57. The van der Waals surface area contributed by atoms with Crippen LogP contribution in [0.5, 0.6) is 0 Å². The van der Waals surface area contributed by atoms with Gasteiger partial charge in [-0.3, -0.25) is 19.9 Å². The fraction of sp³-hybridized carbons (Fsp3) is 0.0698. The van der Waals surface area contributed by atoms with E-state index >= 15 is 0 Å². The number of hydrogen-bond donors (Lipinski definition) is 0. The van der Waals surface area contributed by atoms with Gasteiger partial charge in [0, 0.05) is 67.3 Å². The van der Waals surface area contributed by atoms with Gasteiger partial charge in [0.2, 0.25) is 0 Å². The molecule has 5 nitrogen and oxygen atoms in total. The predicted molar refractivity (Wildman–Crippen MR) is 196 cm³/mol. The summed E-state index contributed by atoms with van der Waals surface area (Å²) < 4.78 is 6.54. The van der Waals surface area contributed by atoms with Gasteiger partial charge >= 0.3 is 0 Å². The second kappa shape index (κ2) is 10.1. The summed E-state index contributed by atoms with van der Waals surface area (Å²) >= 11 is 0. The fourth-order valence-electron chi connectivity index (χ4n) is 7.47.